The summed E-state index contributed by atoms with van der Waals surface area (Å²) in [6, 6.07) is 5.04. The Morgan fingerprint density at radius 1 is 1.06 bits per heavy atom. The molecule has 1 saturated carbocycles. The van der Waals surface area contributed by atoms with Crippen LogP contribution < -0.4 is 5.32 Å². The second-order valence-corrected chi connectivity index (χ2v) is 4.88. The molecule has 2 fully saturated rings. The second-order valence-electron chi connectivity index (χ2n) is 4.88. The highest BCUT2D eigenvalue weighted by molar-refractivity contribution is 5.77. The fourth-order valence-electron chi connectivity index (χ4n) is 2.54. The smallest absolute Gasteiger partial charge is 0.220 e. The van der Waals surface area contributed by atoms with E-state index in [-0.39, 0.29) is 5.91 Å². The minimum Gasteiger partial charge on any atom is -0.356 e. The Morgan fingerprint density at radius 2 is 1.76 bits per heavy atom. The molecule has 0 atom stereocenters. The van der Waals surface area contributed by atoms with Crippen LogP contribution in [0.4, 0.5) is 0 Å². The Morgan fingerprint density at radius 3 is 2.24 bits per heavy atom. The average Bonchev–Trinajstić information content (AvgIpc) is 3.03. The monoisotopic (exact) mass is 234 g/mol. The lowest BCUT2D eigenvalue weighted by molar-refractivity contribution is -0.119. The summed E-state index contributed by atoms with van der Waals surface area (Å²) in [5.74, 6) is 0.204. The van der Waals surface area contributed by atoms with Crippen LogP contribution in [-0.2, 0) is 4.79 Å². The number of amides is 1. The Bertz CT molecular complexity index is 318. The third kappa shape index (κ3) is 3.91. The van der Waals surface area contributed by atoms with Gasteiger partial charge >= 0.3 is 0 Å². The fourth-order valence-corrected chi connectivity index (χ4v) is 2.54. The zero-order valence-corrected chi connectivity index (χ0v) is 10.4. The number of rotatable bonds is 1. The minimum atomic E-state index is 0.204. The molecule has 17 heavy (non-hydrogen) atoms. The first-order valence-electron chi connectivity index (χ1n) is 6.75. The largest absolute Gasteiger partial charge is 0.356 e. The van der Waals surface area contributed by atoms with Gasteiger partial charge < -0.3 is 9.88 Å². The molecule has 1 aliphatic heterocycles. The van der Waals surface area contributed by atoms with E-state index in [1.807, 2.05) is 0 Å². The molecule has 3 rings (SSSR count). The van der Waals surface area contributed by atoms with Gasteiger partial charge in [0.2, 0.25) is 5.91 Å². The van der Waals surface area contributed by atoms with Crippen LogP contribution >= 0.6 is 0 Å². The van der Waals surface area contributed by atoms with Crippen molar-refractivity contribution in [2.24, 2.45) is 0 Å². The van der Waals surface area contributed by atoms with Crippen molar-refractivity contribution in [1.29, 1.82) is 0 Å². The predicted molar refractivity (Wildman–Crippen MR) is 68.8 cm³/mol. The highest BCUT2D eigenvalue weighted by atomic mass is 16.1. The van der Waals surface area contributed by atoms with Crippen LogP contribution in [0.15, 0.2) is 24.5 Å². The molecule has 1 aromatic heterocycles. The first-order chi connectivity index (χ1) is 8.36. The molecule has 0 aromatic carbocycles. The van der Waals surface area contributed by atoms with Crippen LogP contribution in [0.25, 0.3) is 0 Å². The summed E-state index contributed by atoms with van der Waals surface area (Å²) in [7, 11) is 0. The number of aromatic nitrogens is 1. The third-order valence-electron chi connectivity index (χ3n) is 3.53. The molecule has 1 N–H and O–H groups in total. The van der Waals surface area contributed by atoms with Gasteiger partial charge in [-0.15, -0.1) is 0 Å². The van der Waals surface area contributed by atoms with Gasteiger partial charge in [0.05, 0.1) is 0 Å². The Hall–Kier alpha value is -1.25. The average molecular weight is 234 g/mol. The Kier molecular flexibility index (Phi) is 4.65. The van der Waals surface area contributed by atoms with Crippen LogP contribution in [0.3, 0.4) is 0 Å². The van der Waals surface area contributed by atoms with Gasteiger partial charge in [-0.3, -0.25) is 4.79 Å². The van der Waals surface area contributed by atoms with E-state index in [0.717, 1.165) is 25.4 Å². The molecular formula is C14H22N2O. The van der Waals surface area contributed by atoms with Crippen LogP contribution in [0.1, 0.15) is 51.0 Å². The number of hydrogen-bond donors (Lipinski definition) is 1. The SMILES string of the molecule is O=C1CCCN1.c1ccn(C2CCCCC2)c1. The van der Waals surface area contributed by atoms with E-state index in [1.54, 1.807) is 0 Å². The zero-order chi connectivity index (χ0) is 11.9. The standard InChI is InChI=1S/C10H15N.C4H7NO/c1-2-6-10(7-3-1)11-8-4-5-9-11;6-4-2-1-3-5-4/h4-5,8-10H,1-3,6-7H2;1-3H2,(H,5,6). The lowest BCUT2D eigenvalue weighted by Crippen LogP contribution is -2.12. The van der Waals surface area contributed by atoms with Crippen LogP contribution in [0.5, 0.6) is 0 Å². The number of carbonyl (C=O) groups excluding carboxylic acids is 1. The van der Waals surface area contributed by atoms with Crippen LogP contribution in [-0.4, -0.2) is 17.0 Å². The van der Waals surface area contributed by atoms with Crippen molar-refractivity contribution in [3.8, 4) is 0 Å². The van der Waals surface area contributed by atoms with E-state index in [4.69, 9.17) is 0 Å². The lowest BCUT2D eigenvalue weighted by Gasteiger charge is -2.22. The maximum atomic E-state index is 10.1. The van der Waals surface area contributed by atoms with E-state index < -0.39 is 0 Å². The molecule has 0 bridgehead atoms. The van der Waals surface area contributed by atoms with Crippen molar-refractivity contribution >= 4 is 5.91 Å². The number of hydrogen-bond acceptors (Lipinski definition) is 1. The summed E-state index contributed by atoms with van der Waals surface area (Å²) in [4.78, 5) is 10.1. The quantitative estimate of drug-likeness (QED) is 0.796. The molecule has 1 aromatic rings. The van der Waals surface area contributed by atoms with Crippen molar-refractivity contribution in [2.45, 2.75) is 51.0 Å². The normalized spacial score (nSPS) is 20.6. The highest BCUT2D eigenvalue weighted by Gasteiger charge is 2.13. The van der Waals surface area contributed by atoms with E-state index in [2.05, 4.69) is 34.4 Å². The van der Waals surface area contributed by atoms with Crippen molar-refractivity contribution < 1.29 is 4.79 Å². The molecule has 94 valence electrons. The molecule has 3 nitrogen and oxygen atoms in total. The zero-order valence-electron chi connectivity index (χ0n) is 10.4. The van der Waals surface area contributed by atoms with Gasteiger partial charge in [-0.05, 0) is 31.4 Å². The fraction of sp³-hybridized carbons (Fsp3) is 0.643. The molecule has 1 amide bonds. The summed E-state index contributed by atoms with van der Waals surface area (Å²) < 4.78 is 2.36. The molecule has 0 unspecified atom stereocenters. The Balaban J connectivity index is 0.000000153. The van der Waals surface area contributed by atoms with Crippen LogP contribution in [0, 0.1) is 0 Å². The number of nitrogens with zero attached hydrogens (tertiary/aromatic N) is 1. The minimum absolute atomic E-state index is 0.204. The highest BCUT2D eigenvalue weighted by Crippen LogP contribution is 2.27. The lowest BCUT2D eigenvalue weighted by atomic mass is 9.95. The van der Waals surface area contributed by atoms with Gasteiger partial charge in [-0.1, -0.05) is 19.3 Å². The van der Waals surface area contributed by atoms with Crippen molar-refractivity contribution in [1.82, 2.24) is 9.88 Å². The first kappa shape index (κ1) is 12.2. The van der Waals surface area contributed by atoms with Crippen molar-refractivity contribution in [2.75, 3.05) is 6.54 Å². The molecule has 0 radical (unpaired) electrons. The Labute approximate surface area is 103 Å². The summed E-state index contributed by atoms with van der Waals surface area (Å²) in [6.07, 6.45) is 13.2. The summed E-state index contributed by atoms with van der Waals surface area (Å²) in [6.45, 7) is 0.888. The number of carbonyl (C=O) groups is 1. The predicted octanol–water partition coefficient (Wildman–Crippen LogP) is 2.89. The summed E-state index contributed by atoms with van der Waals surface area (Å²) in [5, 5.41) is 2.68. The molecule has 2 heterocycles. The maximum Gasteiger partial charge on any atom is 0.220 e. The molecule has 2 aliphatic rings. The summed E-state index contributed by atoms with van der Waals surface area (Å²) in [5.41, 5.74) is 0. The first-order valence-corrected chi connectivity index (χ1v) is 6.75. The molecule has 3 heteroatoms. The second kappa shape index (κ2) is 6.48. The molecule has 1 aliphatic carbocycles. The molecule has 1 saturated heterocycles. The molecular weight excluding hydrogens is 212 g/mol. The maximum absolute atomic E-state index is 10.1. The van der Waals surface area contributed by atoms with Gasteiger partial charge in [0.25, 0.3) is 0 Å². The van der Waals surface area contributed by atoms with Gasteiger partial charge in [-0.2, -0.15) is 0 Å². The summed E-state index contributed by atoms with van der Waals surface area (Å²) >= 11 is 0. The van der Waals surface area contributed by atoms with Gasteiger partial charge in [-0.25, -0.2) is 0 Å². The molecule has 0 spiro atoms. The van der Waals surface area contributed by atoms with E-state index in [0.29, 0.717) is 0 Å². The van der Waals surface area contributed by atoms with Gasteiger partial charge in [0.15, 0.2) is 0 Å². The van der Waals surface area contributed by atoms with Gasteiger partial charge in [0.1, 0.15) is 0 Å². The number of nitrogens with one attached hydrogen (secondary N) is 1. The van der Waals surface area contributed by atoms with Gasteiger partial charge in [0, 0.05) is 31.4 Å². The van der Waals surface area contributed by atoms with Crippen LogP contribution in [0.2, 0.25) is 0 Å². The third-order valence-corrected chi connectivity index (χ3v) is 3.53. The van der Waals surface area contributed by atoms with E-state index in [1.165, 1.54) is 32.1 Å². The topological polar surface area (TPSA) is 34.0 Å². The van der Waals surface area contributed by atoms with E-state index >= 15 is 0 Å². The van der Waals surface area contributed by atoms with Crippen molar-refractivity contribution in [3.63, 3.8) is 0 Å². The van der Waals surface area contributed by atoms with E-state index in [9.17, 15) is 4.79 Å². The van der Waals surface area contributed by atoms with Crippen molar-refractivity contribution in [3.05, 3.63) is 24.5 Å².